The summed E-state index contributed by atoms with van der Waals surface area (Å²) in [7, 11) is 3.88. The van der Waals surface area contributed by atoms with E-state index in [1.807, 2.05) is 25.6 Å². The highest BCUT2D eigenvalue weighted by molar-refractivity contribution is 5.55. The van der Waals surface area contributed by atoms with E-state index >= 15 is 0 Å². The standard InChI is InChI=1S/C7H12N/c1-5-7(2)6-8(3)4/h5H,1H2,2-4H3/q+1. The third-order valence-electron chi connectivity index (χ3n) is 0.706. The average molecular weight is 110 g/mol. The fourth-order valence-corrected chi connectivity index (χ4v) is 0.398. The quantitative estimate of drug-likeness (QED) is 0.270. The van der Waals surface area contributed by atoms with Crippen molar-refractivity contribution < 1.29 is 4.58 Å². The molecule has 1 nitrogen and oxygen atoms in total. The number of nitrogens with zero attached hydrogens (tertiary/aromatic N) is 1. The summed E-state index contributed by atoms with van der Waals surface area (Å²) in [5.74, 6) is 3.02. The molecule has 0 saturated carbocycles. The molecule has 0 fully saturated rings. The average Bonchev–Trinajstić information content (AvgIpc) is 1.65. The van der Waals surface area contributed by atoms with Crippen LogP contribution in [0.5, 0.6) is 0 Å². The second-order valence-electron chi connectivity index (χ2n) is 1.89. The van der Waals surface area contributed by atoms with Crippen LogP contribution in [0.15, 0.2) is 18.2 Å². The van der Waals surface area contributed by atoms with Crippen molar-refractivity contribution in [3.8, 4) is 0 Å². The molecule has 44 valence electrons. The summed E-state index contributed by atoms with van der Waals surface area (Å²) in [5.41, 5.74) is 1.06. The van der Waals surface area contributed by atoms with Gasteiger partial charge in [-0.15, -0.1) is 0 Å². The van der Waals surface area contributed by atoms with Crippen molar-refractivity contribution in [1.82, 2.24) is 0 Å². The number of hydrogen-bond donors (Lipinski definition) is 0. The van der Waals surface area contributed by atoms with Crippen molar-refractivity contribution in [2.45, 2.75) is 6.92 Å². The number of rotatable bonds is 1. The molecule has 0 spiro atoms. The lowest BCUT2D eigenvalue weighted by atomic mass is 10.3. The molecule has 0 aliphatic rings. The summed E-state index contributed by atoms with van der Waals surface area (Å²) in [6, 6.07) is 0. The molecule has 0 saturated heterocycles. The van der Waals surface area contributed by atoms with Gasteiger partial charge in [-0.25, -0.2) is 0 Å². The highest BCUT2D eigenvalue weighted by Crippen LogP contribution is 1.81. The Balaban J connectivity index is 4.36. The van der Waals surface area contributed by atoms with Gasteiger partial charge in [0.05, 0.1) is 5.57 Å². The predicted molar refractivity (Wildman–Crippen MR) is 36.5 cm³/mol. The maximum atomic E-state index is 3.59. The highest BCUT2D eigenvalue weighted by atomic mass is 14.9. The van der Waals surface area contributed by atoms with E-state index in [1.165, 1.54) is 0 Å². The van der Waals surface area contributed by atoms with Crippen molar-refractivity contribution in [2.75, 3.05) is 14.1 Å². The number of hydrogen-bond acceptors (Lipinski definition) is 0. The minimum Gasteiger partial charge on any atom is -0.193 e. The summed E-state index contributed by atoms with van der Waals surface area (Å²) in [5, 5.41) is 0. The lowest BCUT2D eigenvalue weighted by molar-refractivity contribution is -0.456. The van der Waals surface area contributed by atoms with Crippen LogP contribution in [-0.4, -0.2) is 24.5 Å². The zero-order chi connectivity index (χ0) is 6.57. The monoisotopic (exact) mass is 110 g/mol. The lowest BCUT2D eigenvalue weighted by Crippen LogP contribution is -1.93. The van der Waals surface area contributed by atoms with Crippen molar-refractivity contribution in [3.05, 3.63) is 18.2 Å². The molecule has 0 heterocycles. The Kier molecular flexibility index (Phi) is 2.90. The fourth-order valence-electron chi connectivity index (χ4n) is 0.398. The van der Waals surface area contributed by atoms with Gasteiger partial charge in [-0.2, -0.15) is 4.58 Å². The highest BCUT2D eigenvalue weighted by Gasteiger charge is 1.78. The topological polar surface area (TPSA) is 3.01 Å². The van der Waals surface area contributed by atoms with E-state index in [1.54, 1.807) is 6.08 Å². The Hall–Kier alpha value is -0.810. The molecule has 8 heavy (non-hydrogen) atoms. The third kappa shape index (κ3) is 3.38. The molecule has 0 aliphatic carbocycles. The van der Waals surface area contributed by atoms with Gasteiger partial charge in [-0.05, 0) is 6.92 Å². The maximum absolute atomic E-state index is 3.59. The van der Waals surface area contributed by atoms with Crippen LogP contribution in [0.25, 0.3) is 0 Å². The van der Waals surface area contributed by atoms with E-state index in [4.69, 9.17) is 0 Å². The van der Waals surface area contributed by atoms with E-state index in [0.717, 1.165) is 5.57 Å². The van der Waals surface area contributed by atoms with Crippen molar-refractivity contribution >= 4 is 5.87 Å². The van der Waals surface area contributed by atoms with Crippen LogP contribution < -0.4 is 0 Å². The Morgan fingerprint density at radius 2 is 2.12 bits per heavy atom. The largest absolute Gasteiger partial charge is 0.193 e. The predicted octanol–water partition coefficient (Wildman–Crippen LogP) is 1.06. The molecule has 0 atom stereocenters. The summed E-state index contributed by atoms with van der Waals surface area (Å²) in [4.78, 5) is 0. The van der Waals surface area contributed by atoms with Gasteiger partial charge in [0.15, 0.2) is 5.87 Å². The van der Waals surface area contributed by atoms with Gasteiger partial charge in [-0.1, -0.05) is 12.7 Å². The van der Waals surface area contributed by atoms with E-state index in [0.29, 0.717) is 0 Å². The van der Waals surface area contributed by atoms with Gasteiger partial charge < -0.3 is 0 Å². The Bertz CT molecular complexity index is 144. The first-order valence-electron chi connectivity index (χ1n) is 2.56. The molecular formula is C7H12N+. The first-order valence-corrected chi connectivity index (χ1v) is 2.56. The smallest absolute Gasteiger partial charge is 0.169 e. The molecule has 0 unspecified atom stereocenters. The van der Waals surface area contributed by atoms with Crippen molar-refractivity contribution in [2.24, 2.45) is 0 Å². The Morgan fingerprint density at radius 3 is 2.25 bits per heavy atom. The summed E-state index contributed by atoms with van der Waals surface area (Å²) in [6.45, 7) is 5.55. The Labute approximate surface area is 50.7 Å². The van der Waals surface area contributed by atoms with Crippen LogP contribution in [0.1, 0.15) is 6.92 Å². The van der Waals surface area contributed by atoms with Crippen LogP contribution in [0, 0.1) is 0 Å². The van der Waals surface area contributed by atoms with E-state index in [-0.39, 0.29) is 0 Å². The van der Waals surface area contributed by atoms with Gasteiger partial charge in [-0.3, -0.25) is 0 Å². The van der Waals surface area contributed by atoms with E-state index < -0.39 is 0 Å². The molecule has 0 radical (unpaired) electrons. The van der Waals surface area contributed by atoms with Crippen molar-refractivity contribution in [1.29, 1.82) is 0 Å². The fraction of sp³-hybridized carbons (Fsp3) is 0.429. The molecule has 0 rings (SSSR count). The van der Waals surface area contributed by atoms with Gasteiger partial charge in [0.1, 0.15) is 14.1 Å². The van der Waals surface area contributed by atoms with E-state index in [9.17, 15) is 0 Å². The summed E-state index contributed by atoms with van der Waals surface area (Å²) >= 11 is 0. The van der Waals surface area contributed by atoms with Gasteiger partial charge in [0, 0.05) is 0 Å². The van der Waals surface area contributed by atoms with Gasteiger partial charge >= 0.3 is 0 Å². The second kappa shape index (κ2) is 3.23. The van der Waals surface area contributed by atoms with Crippen molar-refractivity contribution in [3.63, 3.8) is 0 Å². The first-order chi connectivity index (χ1) is 3.66. The summed E-state index contributed by atoms with van der Waals surface area (Å²) in [6.07, 6.45) is 1.78. The normalized spacial score (nSPS) is 7.38. The molecule has 0 aromatic rings. The molecule has 0 aliphatic heterocycles. The third-order valence-corrected chi connectivity index (χ3v) is 0.706. The molecular weight excluding hydrogens is 98.1 g/mol. The molecule has 0 aromatic heterocycles. The second-order valence-corrected chi connectivity index (χ2v) is 1.89. The Morgan fingerprint density at radius 1 is 1.62 bits per heavy atom. The molecule has 1 heteroatoms. The minimum atomic E-state index is 1.06. The minimum absolute atomic E-state index is 1.06. The number of allylic oxidation sites excluding steroid dienone is 2. The first kappa shape index (κ1) is 7.19. The molecule has 0 N–H and O–H groups in total. The SMILES string of the molecule is C=CC(C)=C=[N+](C)C. The van der Waals surface area contributed by atoms with Gasteiger partial charge in [0.2, 0.25) is 0 Å². The molecule has 0 amide bonds. The van der Waals surface area contributed by atoms with Crippen LogP contribution in [0.2, 0.25) is 0 Å². The zero-order valence-electron chi connectivity index (χ0n) is 5.73. The van der Waals surface area contributed by atoms with Crippen LogP contribution >= 0.6 is 0 Å². The lowest BCUT2D eigenvalue weighted by Gasteiger charge is -1.76. The zero-order valence-corrected chi connectivity index (χ0v) is 5.73. The molecule has 0 bridgehead atoms. The summed E-state index contributed by atoms with van der Waals surface area (Å²) < 4.78 is 1.87. The van der Waals surface area contributed by atoms with Crippen LogP contribution in [-0.2, 0) is 0 Å². The van der Waals surface area contributed by atoms with Gasteiger partial charge in [0.25, 0.3) is 0 Å². The molecule has 0 aromatic carbocycles. The van der Waals surface area contributed by atoms with Crippen LogP contribution in [0.4, 0.5) is 0 Å². The van der Waals surface area contributed by atoms with Crippen LogP contribution in [0.3, 0.4) is 0 Å². The maximum Gasteiger partial charge on any atom is 0.169 e. The van der Waals surface area contributed by atoms with E-state index in [2.05, 4.69) is 12.4 Å².